The molecular weight excluding hydrogens is 1180 g/mol. The topological polar surface area (TPSA) is 360 Å². The van der Waals surface area contributed by atoms with Gasteiger partial charge in [-0.2, -0.15) is 0 Å². The van der Waals surface area contributed by atoms with Crippen LogP contribution in [0.2, 0.25) is 0 Å². The molecule has 5 heterocycles. The van der Waals surface area contributed by atoms with Gasteiger partial charge >= 0.3 is 11.9 Å². The maximum atomic E-state index is 15.2. The molecular formula is C63H88N12O16. The van der Waals surface area contributed by atoms with E-state index < -0.39 is 191 Å². The van der Waals surface area contributed by atoms with Crippen molar-refractivity contribution in [3.05, 3.63) is 44.6 Å². The van der Waals surface area contributed by atoms with Gasteiger partial charge in [0.25, 0.3) is 11.8 Å². The van der Waals surface area contributed by atoms with Crippen LogP contribution in [0, 0.1) is 37.5 Å². The summed E-state index contributed by atoms with van der Waals surface area (Å²) in [6.45, 7) is 18.6. The molecule has 4 fully saturated rings. The summed E-state index contributed by atoms with van der Waals surface area (Å²) in [6.07, 6.45) is -1.30. The van der Waals surface area contributed by atoms with Crippen LogP contribution in [0.3, 0.4) is 0 Å². The number of fused-ring (bicyclic) bond motifs is 4. The van der Waals surface area contributed by atoms with Crippen LogP contribution in [0.15, 0.2) is 21.3 Å². The lowest BCUT2D eigenvalue weighted by Gasteiger charge is -2.36. The van der Waals surface area contributed by atoms with Gasteiger partial charge in [-0.1, -0.05) is 67.9 Å². The van der Waals surface area contributed by atoms with Crippen LogP contribution in [0.25, 0.3) is 22.6 Å². The molecule has 1 aromatic rings. The third-order valence-electron chi connectivity index (χ3n) is 18.1. The number of aryl methyl sites for hydroxylation is 1. The summed E-state index contributed by atoms with van der Waals surface area (Å²) in [5.41, 5.74) is 3.60. The Labute approximate surface area is 528 Å². The van der Waals surface area contributed by atoms with E-state index in [9.17, 15) is 47.9 Å². The fraction of sp³-hybridized carbons (Fsp3) is 0.619. The third-order valence-corrected chi connectivity index (χ3v) is 18.1. The zero-order chi connectivity index (χ0) is 67.7. The highest BCUT2D eigenvalue weighted by atomic mass is 16.6. The zero-order valence-corrected chi connectivity index (χ0v) is 54.8. The number of ether oxygens (including phenoxy) is 2. The number of carbonyl (C=O) groups excluding carboxylic acids is 12. The summed E-state index contributed by atoms with van der Waals surface area (Å²) in [5.74, 6) is -12.3. The molecule has 10 amide bonds. The van der Waals surface area contributed by atoms with E-state index in [1.54, 1.807) is 62.3 Å². The molecule has 0 bridgehead atoms. The number of nitrogens with zero attached hydrogens (tertiary/aromatic N) is 7. The molecule has 5 aliphatic heterocycles. The van der Waals surface area contributed by atoms with Crippen LogP contribution >= 0.6 is 0 Å². The van der Waals surface area contributed by atoms with Crippen LogP contribution < -0.4 is 32.4 Å². The Morgan fingerprint density at radius 3 is 1.55 bits per heavy atom. The van der Waals surface area contributed by atoms with E-state index in [1.165, 1.54) is 80.7 Å². The molecule has 0 radical (unpaired) electrons. The second kappa shape index (κ2) is 28.2. The predicted octanol–water partition coefficient (Wildman–Crippen LogP) is 1.12. The van der Waals surface area contributed by atoms with E-state index >= 15 is 14.4 Å². The Morgan fingerprint density at radius 2 is 1.10 bits per heavy atom. The second-order valence-corrected chi connectivity index (χ2v) is 25.7. The molecule has 0 spiro atoms. The first-order valence-electron chi connectivity index (χ1n) is 31.1. The molecule has 91 heavy (non-hydrogen) atoms. The highest BCUT2D eigenvalue weighted by molar-refractivity contribution is 6.10. The minimum atomic E-state index is -1.88. The van der Waals surface area contributed by atoms with E-state index in [0.717, 1.165) is 9.80 Å². The highest BCUT2D eigenvalue weighted by Gasteiger charge is 2.47. The number of cyclic esters (lactones) is 2. The standard InChI is InChI=1S/C63H88N12O16/c1-17-31(8)44-61(86)75-25-19-21-38(75)59(84)71(14)27-40(77)73(16)50(30(6)7)63(88)90-35(12)46(57(82)67-44)69-55(80)41-42(64)51(78)33(10)53-48(41)65-47-36(23-22-32(9)52(47)91-53)54(79)68-45-34(11)89-62(87)49(29(4)5)72(15)39(76)26-70(13)58(83)37-20-18-24-74(37)60(85)43(28(2)3)66-56(45)81/h22-23,28-31,34-35,37-38,43-46,49-50H,17-21,24-27,64H2,1-16H3,(H,66,81)(H,67,82)(H,68,79)(H,69,80)/t31-,34+,35+,37-,38-,43+,44+,45-,46+,49-,50-/m0/s1. The number of rotatable bonds is 9. The number of carbonyl (C=O) groups is 12. The van der Waals surface area contributed by atoms with Gasteiger partial charge in [0.15, 0.2) is 11.3 Å². The van der Waals surface area contributed by atoms with Crippen LogP contribution in [0.5, 0.6) is 0 Å². The van der Waals surface area contributed by atoms with Crippen molar-refractivity contribution in [2.24, 2.45) is 23.7 Å². The van der Waals surface area contributed by atoms with Gasteiger partial charge in [-0.25, -0.2) is 14.6 Å². The van der Waals surface area contributed by atoms with Gasteiger partial charge in [-0.3, -0.25) is 52.7 Å². The number of nitrogens with two attached hydrogens (primary N) is 1. The van der Waals surface area contributed by atoms with E-state index in [4.69, 9.17) is 24.6 Å². The summed E-state index contributed by atoms with van der Waals surface area (Å²) < 4.78 is 18.3. The summed E-state index contributed by atoms with van der Waals surface area (Å²) in [6, 6.07) is -7.88. The molecule has 496 valence electrons. The Hall–Kier alpha value is -8.72. The number of nitrogens with one attached hydrogen (secondary N) is 4. The third kappa shape index (κ3) is 14.1. The van der Waals surface area contributed by atoms with Crippen molar-refractivity contribution in [1.29, 1.82) is 0 Å². The number of likely N-dealkylation sites (N-methyl/N-ethyl adjacent to an activating group) is 4. The van der Waals surface area contributed by atoms with Crippen molar-refractivity contribution in [3.8, 4) is 11.5 Å². The van der Waals surface area contributed by atoms with Crippen molar-refractivity contribution in [3.63, 3.8) is 0 Å². The van der Waals surface area contributed by atoms with E-state index in [2.05, 4.69) is 21.3 Å². The van der Waals surface area contributed by atoms with E-state index in [0.29, 0.717) is 24.8 Å². The maximum Gasteiger partial charge on any atom is 0.329 e. The lowest BCUT2D eigenvalue weighted by atomic mass is 9.96. The fourth-order valence-electron chi connectivity index (χ4n) is 12.4. The van der Waals surface area contributed by atoms with Crippen LogP contribution in [0.1, 0.15) is 133 Å². The van der Waals surface area contributed by atoms with Gasteiger partial charge in [0, 0.05) is 46.8 Å². The molecule has 4 saturated heterocycles. The van der Waals surface area contributed by atoms with E-state index in [-0.39, 0.29) is 53.9 Å². The molecule has 7 rings (SSSR count). The number of hydrogen-bond acceptors (Lipinski definition) is 18. The van der Waals surface area contributed by atoms with Gasteiger partial charge in [0.05, 0.1) is 29.9 Å². The first-order chi connectivity index (χ1) is 42.6. The molecule has 1 aliphatic carbocycles. The van der Waals surface area contributed by atoms with Crippen molar-refractivity contribution in [1.82, 2.24) is 55.7 Å². The molecule has 0 aromatic heterocycles. The maximum absolute atomic E-state index is 15.2. The zero-order valence-electron chi connectivity index (χ0n) is 54.8. The molecule has 6 N–H and O–H groups in total. The number of esters is 2. The van der Waals surface area contributed by atoms with Gasteiger partial charge in [0.1, 0.15) is 71.8 Å². The Kier molecular flexibility index (Phi) is 21.6. The highest BCUT2D eigenvalue weighted by Crippen LogP contribution is 2.35. The first-order valence-corrected chi connectivity index (χ1v) is 31.1. The average molecular weight is 1270 g/mol. The normalized spacial score (nSPS) is 26.4. The number of hydrogen-bond donors (Lipinski definition) is 5. The molecule has 6 aliphatic rings. The lowest BCUT2D eigenvalue weighted by molar-refractivity contribution is -0.163. The van der Waals surface area contributed by atoms with Crippen molar-refractivity contribution in [2.75, 3.05) is 60.1 Å². The predicted molar refractivity (Wildman–Crippen MR) is 330 cm³/mol. The summed E-state index contributed by atoms with van der Waals surface area (Å²) in [5, 5.41) is 10.8. The number of nitrogen functional groups attached to an aromatic ring is 1. The Bertz CT molecular complexity index is 3440. The van der Waals surface area contributed by atoms with Gasteiger partial charge in [-0.05, 0) is 88.7 Å². The van der Waals surface area contributed by atoms with Crippen molar-refractivity contribution >= 4 is 87.8 Å². The first kappa shape index (κ1) is 69.7. The summed E-state index contributed by atoms with van der Waals surface area (Å²) in [7, 11) is 5.60. The number of aromatic nitrogens is 1. The van der Waals surface area contributed by atoms with Crippen LogP contribution in [0.4, 0.5) is 5.69 Å². The minimum Gasteiger partial charge on any atom is -0.458 e. The monoisotopic (exact) mass is 1270 g/mol. The van der Waals surface area contributed by atoms with Gasteiger partial charge in [0.2, 0.25) is 52.7 Å². The summed E-state index contributed by atoms with van der Waals surface area (Å²) in [4.78, 5) is 200. The molecule has 0 unspecified atom stereocenters. The molecule has 11 atom stereocenters. The quantitative estimate of drug-likeness (QED) is 0.114. The Morgan fingerprint density at radius 1 is 0.648 bits per heavy atom. The summed E-state index contributed by atoms with van der Waals surface area (Å²) >= 11 is 0. The minimum absolute atomic E-state index is 0.0750. The van der Waals surface area contributed by atoms with Crippen LogP contribution in [-0.2, 0) is 57.4 Å². The van der Waals surface area contributed by atoms with Gasteiger partial charge < -0.3 is 70.3 Å². The van der Waals surface area contributed by atoms with Crippen molar-refractivity contribution in [2.45, 2.75) is 176 Å². The second-order valence-electron chi connectivity index (χ2n) is 25.7. The smallest absolute Gasteiger partial charge is 0.329 e. The number of anilines is 1. The van der Waals surface area contributed by atoms with Gasteiger partial charge in [-0.15, -0.1) is 0 Å². The number of benzene rings is 2. The van der Waals surface area contributed by atoms with E-state index in [1.807, 2.05) is 0 Å². The lowest BCUT2D eigenvalue weighted by Crippen LogP contribution is -2.61. The van der Waals surface area contributed by atoms with Crippen molar-refractivity contribution < 1.29 is 71.4 Å². The molecule has 1 aromatic carbocycles. The largest absolute Gasteiger partial charge is 0.458 e. The molecule has 28 heteroatoms. The average Bonchev–Trinajstić information content (AvgIpc) is 1.28. The fourth-order valence-corrected chi connectivity index (χ4v) is 12.4. The Balaban J connectivity index is 1.33. The van der Waals surface area contributed by atoms with Crippen LogP contribution in [-0.4, -0.2) is 220 Å². The number of amides is 10. The molecule has 0 saturated carbocycles. The SMILES string of the molecule is CC[C@H](C)[C@H]1NC(=O)[C@H](NC(=O)c2c3nc4c(C(=O)N[C@@H]5C(=O)N[C@H](C(C)C)C(=O)N6CCC[C@H]6C(=O)N(C)CC(=O)N(C)[C@@H](C(C)C)C(=O)O[C@@H]5C)ccc(C)c4oc-3c(C)c(=O)c2N)[C@@H](C)OC(=O)[C@H](C(C)C)N(C)C(=O)CN(C)C(=O)[C@@H]2CCCN2C1=O. The molecule has 28 nitrogen and oxygen atoms in total.